The molecule has 0 aliphatic heterocycles. The van der Waals surface area contributed by atoms with E-state index in [1.54, 1.807) is 0 Å². The van der Waals surface area contributed by atoms with Crippen LogP contribution < -0.4 is 4.90 Å². The summed E-state index contributed by atoms with van der Waals surface area (Å²) in [6.07, 6.45) is 5.83. The van der Waals surface area contributed by atoms with Crippen molar-refractivity contribution < 1.29 is 0 Å². The second-order valence-corrected chi connectivity index (χ2v) is 6.25. The third-order valence-electron chi connectivity index (χ3n) is 3.26. The first-order chi connectivity index (χ1) is 8.08. The second kappa shape index (κ2) is 5.38. The van der Waals surface area contributed by atoms with E-state index in [0.29, 0.717) is 0 Å². The Hall–Kier alpha value is -0.570. The Balaban J connectivity index is 2.11. The highest BCUT2D eigenvalue weighted by Crippen LogP contribution is 2.32. The molecule has 1 aromatic heterocycles. The quantitative estimate of drug-likeness (QED) is 0.811. The maximum absolute atomic E-state index is 4.56. The summed E-state index contributed by atoms with van der Waals surface area (Å²) in [5.41, 5.74) is 1.27. The Kier molecular flexibility index (Phi) is 4.08. The first-order valence-electron chi connectivity index (χ1n) is 6.46. The van der Waals surface area contributed by atoms with E-state index in [2.05, 4.69) is 52.7 Å². The van der Waals surface area contributed by atoms with Crippen LogP contribution in [0.4, 0.5) is 5.82 Å². The summed E-state index contributed by atoms with van der Waals surface area (Å²) in [7, 11) is 0. The predicted octanol–water partition coefficient (Wildman–Crippen LogP) is 4.17. The maximum Gasteiger partial charge on any atom is 0.129 e. The average Bonchev–Trinajstić information content (AvgIpc) is 3.07. The van der Waals surface area contributed by atoms with Gasteiger partial charge in [0.15, 0.2) is 0 Å². The monoisotopic (exact) mass is 296 g/mol. The number of pyridine rings is 1. The SMILES string of the molecule is Cc1cc(N(CCC(C)C)C2CC2)ncc1Br. The van der Waals surface area contributed by atoms with Crippen LogP contribution >= 0.6 is 15.9 Å². The smallest absolute Gasteiger partial charge is 0.129 e. The lowest BCUT2D eigenvalue weighted by Gasteiger charge is -2.24. The standard InChI is InChI=1S/C14H21BrN2/c1-10(2)6-7-17(12-4-5-12)14-8-11(3)13(15)9-16-14/h8-10,12H,4-7H2,1-3H3. The number of aromatic nitrogens is 1. The van der Waals surface area contributed by atoms with Crippen molar-refractivity contribution in [3.05, 3.63) is 22.3 Å². The molecule has 0 spiro atoms. The van der Waals surface area contributed by atoms with Crippen LogP contribution in [0.1, 0.15) is 38.7 Å². The molecular weight excluding hydrogens is 276 g/mol. The number of rotatable bonds is 5. The molecule has 1 fully saturated rings. The van der Waals surface area contributed by atoms with E-state index >= 15 is 0 Å². The van der Waals surface area contributed by atoms with Crippen molar-refractivity contribution in [3.63, 3.8) is 0 Å². The molecule has 0 aromatic carbocycles. The topological polar surface area (TPSA) is 16.1 Å². The van der Waals surface area contributed by atoms with Gasteiger partial charge in [-0.3, -0.25) is 0 Å². The van der Waals surface area contributed by atoms with Crippen molar-refractivity contribution in [1.29, 1.82) is 0 Å². The molecule has 0 radical (unpaired) electrons. The fourth-order valence-electron chi connectivity index (χ4n) is 1.95. The molecule has 0 N–H and O–H groups in total. The van der Waals surface area contributed by atoms with Gasteiger partial charge in [-0.05, 0) is 59.7 Å². The van der Waals surface area contributed by atoms with Gasteiger partial charge >= 0.3 is 0 Å². The average molecular weight is 297 g/mol. The minimum atomic E-state index is 0.738. The van der Waals surface area contributed by atoms with Crippen molar-refractivity contribution in [2.45, 2.75) is 46.1 Å². The highest BCUT2D eigenvalue weighted by molar-refractivity contribution is 9.10. The van der Waals surface area contributed by atoms with Gasteiger partial charge in [-0.15, -0.1) is 0 Å². The van der Waals surface area contributed by atoms with Gasteiger partial charge < -0.3 is 4.90 Å². The van der Waals surface area contributed by atoms with Gasteiger partial charge in [0.2, 0.25) is 0 Å². The maximum atomic E-state index is 4.56. The van der Waals surface area contributed by atoms with Crippen molar-refractivity contribution in [2.75, 3.05) is 11.4 Å². The summed E-state index contributed by atoms with van der Waals surface area (Å²) in [6, 6.07) is 2.93. The molecule has 0 atom stereocenters. The lowest BCUT2D eigenvalue weighted by atomic mass is 10.1. The van der Waals surface area contributed by atoms with Gasteiger partial charge in [0, 0.05) is 23.3 Å². The summed E-state index contributed by atoms with van der Waals surface area (Å²) in [5.74, 6) is 1.90. The number of anilines is 1. The third-order valence-corrected chi connectivity index (χ3v) is 4.09. The number of hydrogen-bond acceptors (Lipinski definition) is 2. The zero-order valence-corrected chi connectivity index (χ0v) is 12.5. The van der Waals surface area contributed by atoms with Crippen molar-refractivity contribution in [1.82, 2.24) is 4.98 Å². The normalized spacial score (nSPS) is 15.4. The minimum absolute atomic E-state index is 0.738. The molecule has 1 saturated carbocycles. The Morgan fingerprint density at radius 2 is 2.18 bits per heavy atom. The Morgan fingerprint density at radius 1 is 1.47 bits per heavy atom. The van der Waals surface area contributed by atoms with Gasteiger partial charge in [0.25, 0.3) is 0 Å². The second-order valence-electron chi connectivity index (χ2n) is 5.40. The molecule has 17 heavy (non-hydrogen) atoms. The van der Waals surface area contributed by atoms with Crippen molar-refractivity contribution in [2.24, 2.45) is 5.92 Å². The van der Waals surface area contributed by atoms with Crippen LogP contribution in [0.3, 0.4) is 0 Å². The largest absolute Gasteiger partial charge is 0.354 e. The van der Waals surface area contributed by atoms with Crippen LogP contribution in [-0.4, -0.2) is 17.6 Å². The van der Waals surface area contributed by atoms with E-state index in [4.69, 9.17) is 0 Å². The summed E-state index contributed by atoms with van der Waals surface area (Å²) >= 11 is 3.51. The lowest BCUT2D eigenvalue weighted by molar-refractivity contribution is 0.568. The molecule has 3 heteroatoms. The molecule has 2 nitrogen and oxygen atoms in total. The number of aryl methyl sites for hydroxylation is 1. The fraction of sp³-hybridized carbons (Fsp3) is 0.643. The van der Waals surface area contributed by atoms with E-state index in [-0.39, 0.29) is 0 Å². The first kappa shape index (κ1) is 12.9. The number of halogens is 1. The van der Waals surface area contributed by atoms with Crippen LogP contribution in [0.5, 0.6) is 0 Å². The summed E-state index contributed by atoms with van der Waals surface area (Å²) in [6.45, 7) is 7.83. The molecule has 0 amide bonds. The van der Waals surface area contributed by atoms with Crippen LogP contribution in [0.15, 0.2) is 16.7 Å². The van der Waals surface area contributed by atoms with Crippen LogP contribution in [0, 0.1) is 12.8 Å². The molecule has 1 aliphatic carbocycles. The van der Waals surface area contributed by atoms with E-state index in [1.165, 1.54) is 24.8 Å². The van der Waals surface area contributed by atoms with Crippen LogP contribution in [0.2, 0.25) is 0 Å². The Bertz CT molecular complexity index is 386. The third kappa shape index (κ3) is 3.44. The lowest BCUT2D eigenvalue weighted by Crippen LogP contribution is -2.28. The predicted molar refractivity (Wildman–Crippen MR) is 76.5 cm³/mol. The van der Waals surface area contributed by atoms with Gasteiger partial charge in [0.05, 0.1) is 0 Å². The highest BCUT2D eigenvalue weighted by atomic mass is 79.9. The minimum Gasteiger partial charge on any atom is -0.354 e. The van der Waals surface area contributed by atoms with E-state index in [0.717, 1.165) is 28.8 Å². The number of hydrogen-bond donors (Lipinski definition) is 0. The highest BCUT2D eigenvalue weighted by Gasteiger charge is 2.29. The van der Waals surface area contributed by atoms with Gasteiger partial charge in [-0.1, -0.05) is 13.8 Å². The zero-order valence-electron chi connectivity index (χ0n) is 10.9. The summed E-state index contributed by atoms with van der Waals surface area (Å²) < 4.78 is 1.10. The molecule has 0 saturated heterocycles. The molecule has 1 heterocycles. The van der Waals surface area contributed by atoms with Gasteiger partial charge in [-0.2, -0.15) is 0 Å². The molecule has 1 aromatic rings. The zero-order chi connectivity index (χ0) is 12.4. The van der Waals surface area contributed by atoms with E-state index in [1.807, 2.05) is 6.20 Å². The Labute approximate surface area is 113 Å². The molecule has 2 rings (SSSR count). The van der Waals surface area contributed by atoms with E-state index < -0.39 is 0 Å². The van der Waals surface area contributed by atoms with Crippen molar-refractivity contribution in [3.8, 4) is 0 Å². The van der Waals surface area contributed by atoms with Gasteiger partial charge in [-0.25, -0.2) is 4.98 Å². The molecule has 0 unspecified atom stereocenters. The van der Waals surface area contributed by atoms with Crippen molar-refractivity contribution >= 4 is 21.7 Å². The number of nitrogens with zero attached hydrogens (tertiary/aromatic N) is 2. The summed E-state index contributed by atoms with van der Waals surface area (Å²) in [5, 5.41) is 0. The summed E-state index contributed by atoms with van der Waals surface area (Å²) in [4.78, 5) is 7.04. The Morgan fingerprint density at radius 3 is 2.71 bits per heavy atom. The molecule has 0 bridgehead atoms. The molecular formula is C14H21BrN2. The van der Waals surface area contributed by atoms with Crippen LogP contribution in [-0.2, 0) is 0 Å². The van der Waals surface area contributed by atoms with Crippen LogP contribution in [0.25, 0.3) is 0 Å². The van der Waals surface area contributed by atoms with Gasteiger partial charge in [0.1, 0.15) is 5.82 Å². The first-order valence-corrected chi connectivity index (χ1v) is 7.26. The fourth-order valence-corrected chi connectivity index (χ4v) is 2.17. The molecule has 94 valence electrons. The molecule has 1 aliphatic rings. The van der Waals surface area contributed by atoms with E-state index in [9.17, 15) is 0 Å².